The van der Waals surface area contributed by atoms with Crippen LogP contribution in [0.15, 0.2) is 18.5 Å². The molecule has 1 aromatic heterocycles. The Hall–Kier alpha value is -1.91. The van der Waals surface area contributed by atoms with Crippen LogP contribution < -0.4 is 14.8 Å². The van der Waals surface area contributed by atoms with Crippen LogP contribution in [0.4, 0.5) is 14.6 Å². The Balaban J connectivity index is 1.86. The highest BCUT2D eigenvalue weighted by Gasteiger charge is 2.23. The number of aromatic nitrogens is 2. The van der Waals surface area contributed by atoms with Gasteiger partial charge in [0.15, 0.2) is 11.6 Å². The largest absolute Gasteiger partial charge is 0.356 e. The fourth-order valence-corrected chi connectivity index (χ4v) is 3.42. The lowest BCUT2D eigenvalue weighted by atomic mass is 9.98. The van der Waals surface area contributed by atoms with Crippen molar-refractivity contribution in [2.45, 2.75) is 12.8 Å². The number of nitrogens with one attached hydrogen (secondary N) is 1. The van der Waals surface area contributed by atoms with E-state index in [-0.39, 0.29) is 12.5 Å². The third-order valence-corrected chi connectivity index (χ3v) is 4.62. The fourth-order valence-electron chi connectivity index (χ4n) is 2.95. The van der Waals surface area contributed by atoms with Crippen molar-refractivity contribution < 1.29 is 17.2 Å². The van der Waals surface area contributed by atoms with Crippen LogP contribution in [0, 0.1) is 17.6 Å². The van der Waals surface area contributed by atoms with E-state index in [1.165, 1.54) is 6.33 Å². The molecule has 0 saturated carbocycles. The maximum Gasteiger partial charge on any atom is 0.274 e. The van der Waals surface area contributed by atoms with Crippen molar-refractivity contribution in [1.82, 2.24) is 14.7 Å². The molecule has 0 bridgehead atoms. The zero-order valence-electron chi connectivity index (χ0n) is 12.7. The van der Waals surface area contributed by atoms with Gasteiger partial charge in [-0.25, -0.2) is 28.6 Å². The highest BCUT2D eigenvalue weighted by Crippen LogP contribution is 2.28. The molecule has 0 spiro atoms. The molecule has 1 aliphatic heterocycles. The van der Waals surface area contributed by atoms with Crippen LogP contribution in [0.25, 0.3) is 10.9 Å². The number of anilines is 1. The van der Waals surface area contributed by atoms with Crippen LogP contribution in [0.2, 0.25) is 0 Å². The molecule has 10 heteroatoms. The molecule has 1 aliphatic rings. The van der Waals surface area contributed by atoms with E-state index in [2.05, 4.69) is 14.7 Å². The second kappa shape index (κ2) is 6.54. The SMILES string of the molecule is NS(=O)(=O)NCC1CCCN(c2ncnc3cc(F)c(F)cc23)C1. The van der Waals surface area contributed by atoms with Crippen molar-refractivity contribution in [3.05, 3.63) is 30.1 Å². The number of nitrogens with two attached hydrogens (primary N) is 1. The van der Waals surface area contributed by atoms with Crippen molar-refractivity contribution >= 4 is 26.9 Å². The highest BCUT2D eigenvalue weighted by molar-refractivity contribution is 7.87. The van der Waals surface area contributed by atoms with Gasteiger partial charge in [-0.1, -0.05) is 0 Å². The van der Waals surface area contributed by atoms with Gasteiger partial charge in [-0.15, -0.1) is 0 Å². The monoisotopic (exact) mass is 357 g/mol. The van der Waals surface area contributed by atoms with Crippen molar-refractivity contribution in [1.29, 1.82) is 0 Å². The first-order valence-electron chi connectivity index (χ1n) is 7.45. The summed E-state index contributed by atoms with van der Waals surface area (Å²) < 4.78 is 51.3. The van der Waals surface area contributed by atoms with Crippen LogP contribution in [0.5, 0.6) is 0 Å². The van der Waals surface area contributed by atoms with E-state index in [1.807, 2.05) is 4.90 Å². The number of nitrogens with zero attached hydrogens (tertiary/aromatic N) is 3. The smallest absolute Gasteiger partial charge is 0.274 e. The van der Waals surface area contributed by atoms with Gasteiger partial charge >= 0.3 is 0 Å². The van der Waals surface area contributed by atoms with Gasteiger partial charge in [0, 0.05) is 31.1 Å². The van der Waals surface area contributed by atoms with E-state index in [0.29, 0.717) is 29.8 Å². The lowest BCUT2D eigenvalue weighted by molar-refractivity contribution is 0.410. The van der Waals surface area contributed by atoms with E-state index in [0.717, 1.165) is 25.0 Å². The molecule has 1 saturated heterocycles. The molecule has 3 rings (SSSR count). The second-order valence-electron chi connectivity index (χ2n) is 5.83. The molecule has 0 radical (unpaired) electrons. The van der Waals surface area contributed by atoms with Gasteiger partial charge in [0.1, 0.15) is 12.1 Å². The van der Waals surface area contributed by atoms with E-state index in [9.17, 15) is 17.2 Å². The summed E-state index contributed by atoms with van der Waals surface area (Å²) in [5.41, 5.74) is 0.323. The number of halogens is 2. The highest BCUT2D eigenvalue weighted by atomic mass is 32.2. The first kappa shape index (κ1) is 16.9. The van der Waals surface area contributed by atoms with Gasteiger partial charge < -0.3 is 4.90 Å². The zero-order valence-corrected chi connectivity index (χ0v) is 13.6. The maximum atomic E-state index is 13.6. The van der Waals surface area contributed by atoms with Gasteiger partial charge in [-0.3, -0.25) is 0 Å². The Morgan fingerprint density at radius 3 is 2.79 bits per heavy atom. The summed E-state index contributed by atoms with van der Waals surface area (Å²) in [5, 5.41) is 5.38. The average molecular weight is 357 g/mol. The zero-order chi connectivity index (χ0) is 17.3. The van der Waals surface area contributed by atoms with Gasteiger partial charge in [0.05, 0.1) is 5.52 Å². The van der Waals surface area contributed by atoms with E-state index >= 15 is 0 Å². The number of hydrogen-bond donors (Lipinski definition) is 2. The van der Waals surface area contributed by atoms with E-state index < -0.39 is 21.8 Å². The van der Waals surface area contributed by atoms with Crippen LogP contribution in [-0.2, 0) is 10.2 Å². The number of hydrogen-bond acceptors (Lipinski definition) is 5. The number of rotatable bonds is 4. The van der Waals surface area contributed by atoms with Crippen molar-refractivity contribution in [2.75, 3.05) is 24.5 Å². The van der Waals surface area contributed by atoms with Crippen LogP contribution in [0.3, 0.4) is 0 Å². The Labute approximate surface area is 138 Å². The van der Waals surface area contributed by atoms with Crippen LogP contribution in [0.1, 0.15) is 12.8 Å². The van der Waals surface area contributed by atoms with Crippen molar-refractivity contribution in [2.24, 2.45) is 11.1 Å². The molecule has 130 valence electrons. The summed E-state index contributed by atoms with van der Waals surface area (Å²) in [5.74, 6) is -1.35. The normalized spacial score (nSPS) is 19.0. The Kier molecular flexibility index (Phi) is 4.61. The number of piperidine rings is 1. The predicted octanol–water partition coefficient (Wildman–Crippen LogP) is 0.917. The van der Waals surface area contributed by atoms with Gasteiger partial charge in [-0.2, -0.15) is 8.42 Å². The topological polar surface area (TPSA) is 101 Å². The molecule has 0 aliphatic carbocycles. The first-order chi connectivity index (χ1) is 11.3. The Morgan fingerprint density at radius 2 is 2.04 bits per heavy atom. The molecule has 2 aromatic rings. The molecule has 2 heterocycles. The summed E-state index contributed by atoms with van der Waals surface area (Å²) in [6.45, 7) is 1.45. The van der Waals surface area contributed by atoms with Gasteiger partial charge in [0.2, 0.25) is 0 Å². The van der Waals surface area contributed by atoms with E-state index in [1.54, 1.807) is 0 Å². The number of benzene rings is 1. The third kappa shape index (κ3) is 3.77. The van der Waals surface area contributed by atoms with Crippen molar-refractivity contribution in [3.63, 3.8) is 0 Å². The summed E-state index contributed by atoms with van der Waals surface area (Å²) in [6, 6.07) is 2.13. The van der Waals surface area contributed by atoms with Gasteiger partial charge in [0.25, 0.3) is 10.2 Å². The quantitative estimate of drug-likeness (QED) is 0.847. The summed E-state index contributed by atoms with van der Waals surface area (Å²) in [7, 11) is -3.74. The third-order valence-electron chi connectivity index (χ3n) is 4.05. The van der Waals surface area contributed by atoms with Crippen LogP contribution >= 0.6 is 0 Å². The number of fused-ring (bicyclic) bond motifs is 1. The molecule has 1 fully saturated rings. The predicted molar refractivity (Wildman–Crippen MR) is 85.5 cm³/mol. The summed E-state index contributed by atoms with van der Waals surface area (Å²) in [4.78, 5) is 10.1. The van der Waals surface area contributed by atoms with Crippen molar-refractivity contribution in [3.8, 4) is 0 Å². The van der Waals surface area contributed by atoms with Gasteiger partial charge in [-0.05, 0) is 24.8 Å². The molecular formula is C14H17F2N5O2S. The summed E-state index contributed by atoms with van der Waals surface area (Å²) in [6.07, 6.45) is 2.97. The maximum absolute atomic E-state index is 13.6. The minimum Gasteiger partial charge on any atom is -0.356 e. The molecule has 1 atom stereocenters. The molecule has 7 nitrogen and oxygen atoms in total. The minimum atomic E-state index is -3.74. The fraction of sp³-hybridized carbons (Fsp3) is 0.429. The van der Waals surface area contributed by atoms with Crippen LogP contribution in [-0.4, -0.2) is 38.0 Å². The lowest BCUT2D eigenvalue weighted by Gasteiger charge is -2.34. The van der Waals surface area contributed by atoms with E-state index in [4.69, 9.17) is 5.14 Å². The molecule has 24 heavy (non-hydrogen) atoms. The average Bonchev–Trinajstić information content (AvgIpc) is 2.53. The molecule has 1 aromatic carbocycles. The minimum absolute atomic E-state index is 0.0485. The summed E-state index contributed by atoms with van der Waals surface area (Å²) >= 11 is 0. The Bertz CT molecular complexity index is 862. The Morgan fingerprint density at radius 1 is 1.29 bits per heavy atom. The molecule has 3 N–H and O–H groups in total. The second-order valence-corrected chi connectivity index (χ2v) is 7.21. The standard InChI is InChI=1S/C14H17F2N5O2S/c15-11-4-10-13(5-12(11)16)18-8-19-14(10)21-3-1-2-9(7-21)6-20-24(17,22)23/h4-5,8-9,20H,1-3,6-7H2,(H2,17,22,23). The molecular weight excluding hydrogens is 340 g/mol. The molecule has 1 unspecified atom stereocenters. The first-order valence-corrected chi connectivity index (χ1v) is 9.00. The molecule has 0 amide bonds. The lowest BCUT2D eigenvalue weighted by Crippen LogP contribution is -2.42.